The summed E-state index contributed by atoms with van der Waals surface area (Å²) in [4.78, 5) is 51.3. The molecule has 2 aromatic carbocycles. The Kier molecular flexibility index (Phi) is 4.20. The van der Waals surface area contributed by atoms with Crippen molar-refractivity contribution in [2.24, 2.45) is 0 Å². The Bertz CT molecular complexity index is 1180. The molecule has 0 atom stereocenters. The summed E-state index contributed by atoms with van der Waals surface area (Å²) in [7, 11) is 1.93. The predicted molar refractivity (Wildman–Crippen MR) is 113 cm³/mol. The summed E-state index contributed by atoms with van der Waals surface area (Å²) < 4.78 is 0. The minimum Gasteiger partial charge on any atom is -0.355 e. The molecule has 0 aliphatic carbocycles. The number of nitrogens with zero attached hydrogens (tertiary/aromatic N) is 5. The normalized spacial score (nSPS) is 16.4. The number of hydrogen-bond acceptors (Lipinski definition) is 6. The van der Waals surface area contributed by atoms with Gasteiger partial charge in [0.25, 0.3) is 5.91 Å². The number of imide groups is 1. The first-order valence-electron chi connectivity index (χ1n) is 9.78. The number of benzene rings is 2. The van der Waals surface area contributed by atoms with Crippen molar-refractivity contribution in [1.82, 2.24) is 9.97 Å². The minimum absolute atomic E-state index is 0.195. The number of para-hydroxylation sites is 2. The molecular formula is C22H19N5O3. The van der Waals surface area contributed by atoms with Crippen LogP contribution in [0.25, 0.3) is 11.0 Å². The van der Waals surface area contributed by atoms with Gasteiger partial charge in [0.15, 0.2) is 11.6 Å². The molecule has 3 amide bonds. The Hall–Kier alpha value is -3.81. The van der Waals surface area contributed by atoms with Gasteiger partial charge in [0.1, 0.15) is 0 Å². The largest absolute Gasteiger partial charge is 0.355 e. The van der Waals surface area contributed by atoms with Crippen LogP contribution in [-0.4, -0.2) is 47.8 Å². The fourth-order valence-corrected chi connectivity index (χ4v) is 3.85. The maximum atomic E-state index is 13.3. The van der Waals surface area contributed by atoms with Crippen LogP contribution in [-0.2, 0) is 9.59 Å². The van der Waals surface area contributed by atoms with E-state index >= 15 is 0 Å². The van der Waals surface area contributed by atoms with Crippen molar-refractivity contribution in [2.45, 2.75) is 12.8 Å². The second-order valence-corrected chi connectivity index (χ2v) is 7.41. The third-order valence-electron chi connectivity index (χ3n) is 5.48. The lowest BCUT2D eigenvalue weighted by Crippen LogP contribution is -2.43. The van der Waals surface area contributed by atoms with Crippen LogP contribution in [0.5, 0.6) is 0 Å². The highest BCUT2D eigenvalue weighted by atomic mass is 16.2. The molecule has 5 rings (SSSR count). The average molecular weight is 401 g/mol. The van der Waals surface area contributed by atoms with E-state index in [2.05, 4.69) is 0 Å². The van der Waals surface area contributed by atoms with Crippen LogP contribution >= 0.6 is 0 Å². The topological polar surface area (TPSA) is 86.7 Å². The summed E-state index contributed by atoms with van der Waals surface area (Å²) >= 11 is 0. The lowest BCUT2D eigenvalue weighted by atomic mass is 10.1. The summed E-state index contributed by atoms with van der Waals surface area (Å²) in [5, 5.41) is 0. The number of anilines is 3. The molecular weight excluding hydrogens is 382 g/mol. The van der Waals surface area contributed by atoms with Gasteiger partial charge in [0.2, 0.25) is 11.8 Å². The Labute approximate surface area is 172 Å². The molecule has 1 fully saturated rings. The van der Waals surface area contributed by atoms with Crippen molar-refractivity contribution in [1.29, 1.82) is 0 Å². The summed E-state index contributed by atoms with van der Waals surface area (Å²) in [5.74, 6) is 0.572. The quantitative estimate of drug-likeness (QED) is 0.613. The van der Waals surface area contributed by atoms with Gasteiger partial charge in [-0.25, -0.2) is 9.97 Å². The van der Waals surface area contributed by atoms with E-state index in [4.69, 9.17) is 9.97 Å². The molecule has 0 radical (unpaired) electrons. The molecule has 2 aliphatic rings. The molecule has 1 aromatic heterocycles. The van der Waals surface area contributed by atoms with Crippen molar-refractivity contribution in [2.75, 3.05) is 34.8 Å². The summed E-state index contributed by atoms with van der Waals surface area (Å²) in [6, 6.07) is 14.1. The first kappa shape index (κ1) is 18.2. The lowest BCUT2D eigenvalue weighted by Gasteiger charge is -2.33. The molecule has 0 spiro atoms. The first-order chi connectivity index (χ1) is 14.5. The standard InChI is InChI=1S/C22H19N5O3/c1-25-12-13-26(21-20(25)23-16-4-2-3-5-17(16)24-21)22(30)14-6-8-15(9-7-14)27-18(28)10-11-19(27)29/h2-9H,10-13H2,1H3. The maximum absolute atomic E-state index is 13.3. The van der Waals surface area contributed by atoms with Gasteiger partial charge in [-0.1, -0.05) is 12.1 Å². The molecule has 2 aliphatic heterocycles. The van der Waals surface area contributed by atoms with Crippen molar-refractivity contribution in [3.63, 3.8) is 0 Å². The molecule has 1 saturated heterocycles. The number of carbonyl (C=O) groups is 3. The molecule has 8 nitrogen and oxygen atoms in total. The zero-order valence-corrected chi connectivity index (χ0v) is 16.4. The SMILES string of the molecule is CN1CCN(C(=O)c2ccc(N3C(=O)CCC3=O)cc2)c2nc3ccccc3nc21. The predicted octanol–water partition coefficient (Wildman–Crippen LogP) is 2.38. The highest BCUT2D eigenvalue weighted by molar-refractivity contribution is 6.20. The second kappa shape index (κ2) is 6.91. The molecule has 3 aromatic rings. The van der Waals surface area contributed by atoms with Crippen LogP contribution in [0.15, 0.2) is 48.5 Å². The molecule has 0 N–H and O–H groups in total. The summed E-state index contributed by atoms with van der Waals surface area (Å²) in [6.45, 7) is 1.13. The van der Waals surface area contributed by atoms with E-state index in [0.717, 1.165) is 11.0 Å². The zero-order chi connectivity index (χ0) is 20.8. The van der Waals surface area contributed by atoms with Crippen LogP contribution in [0.2, 0.25) is 0 Å². The lowest BCUT2D eigenvalue weighted by molar-refractivity contribution is -0.121. The van der Waals surface area contributed by atoms with Crippen LogP contribution in [0.1, 0.15) is 23.2 Å². The van der Waals surface area contributed by atoms with Crippen LogP contribution < -0.4 is 14.7 Å². The van der Waals surface area contributed by atoms with Gasteiger partial charge in [-0.05, 0) is 36.4 Å². The van der Waals surface area contributed by atoms with E-state index in [9.17, 15) is 14.4 Å². The Morgan fingerprint density at radius 1 is 0.833 bits per heavy atom. The Morgan fingerprint density at radius 2 is 1.43 bits per heavy atom. The van der Waals surface area contributed by atoms with Crippen LogP contribution in [0, 0.1) is 0 Å². The van der Waals surface area contributed by atoms with E-state index in [1.165, 1.54) is 4.90 Å². The van der Waals surface area contributed by atoms with Crippen LogP contribution in [0.3, 0.4) is 0 Å². The zero-order valence-electron chi connectivity index (χ0n) is 16.4. The first-order valence-corrected chi connectivity index (χ1v) is 9.78. The minimum atomic E-state index is -0.214. The number of rotatable bonds is 2. The molecule has 0 unspecified atom stereocenters. The molecule has 150 valence electrons. The van der Waals surface area contributed by atoms with Crippen molar-refractivity contribution in [3.05, 3.63) is 54.1 Å². The third kappa shape index (κ3) is 2.88. The van der Waals surface area contributed by atoms with E-state index in [-0.39, 0.29) is 30.6 Å². The summed E-state index contributed by atoms with van der Waals surface area (Å²) in [6.07, 6.45) is 0.453. The van der Waals surface area contributed by atoms with Gasteiger partial charge in [0.05, 0.1) is 16.7 Å². The number of aromatic nitrogens is 2. The van der Waals surface area contributed by atoms with Crippen molar-refractivity contribution >= 4 is 46.1 Å². The molecule has 0 saturated carbocycles. The van der Waals surface area contributed by atoms with E-state index in [1.807, 2.05) is 36.2 Å². The highest BCUT2D eigenvalue weighted by Crippen LogP contribution is 2.32. The Balaban J connectivity index is 1.48. The second-order valence-electron chi connectivity index (χ2n) is 7.41. The van der Waals surface area contributed by atoms with Gasteiger partial charge < -0.3 is 4.90 Å². The monoisotopic (exact) mass is 401 g/mol. The smallest absolute Gasteiger partial charge is 0.259 e. The molecule has 30 heavy (non-hydrogen) atoms. The highest BCUT2D eigenvalue weighted by Gasteiger charge is 2.32. The Morgan fingerprint density at radius 3 is 2.07 bits per heavy atom. The third-order valence-corrected chi connectivity index (χ3v) is 5.48. The van der Waals surface area contributed by atoms with Crippen LogP contribution in [0.4, 0.5) is 17.3 Å². The molecule has 3 heterocycles. The van der Waals surface area contributed by atoms with E-state index in [1.54, 1.807) is 29.2 Å². The fourth-order valence-electron chi connectivity index (χ4n) is 3.85. The fraction of sp³-hybridized carbons (Fsp3) is 0.227. The number of carbonyl (C=O) groups excluding carboxylic acids is 3. The summed E-state index contributed by atoms with van der Waals surface area (Å²) in [5.41, 5.74) is 2.46. The van der Waals surface area contributed by atoms with E-state index < -0.39 is 0 Å². The van der Waals surface area contributed by atoms with Gasteiger partial charge >= 0.3 is 0 Å². The van der Waals surface area contributed by atoms with Gasteiger partial charge in [-0.15, -0.1) is 0 Å². The molecule has 0 bridgehead atoms. The molecule has 8 heteroatoms. The van der Waals surface area contributed by atoms with Gasteiger partial charge in [0, 0.05) is 38.5 Å². The average Bonchev–Trinajstić information content (AvgIpc) is 3.10. The maximum Gasteiger partial charge on any atom is 0.259 e. The number of likely N-dealkylation sites (N-methyl/N-ethyl adjacent to an activating group) is 1. The van der Waals surface area contributed by atoms with Gasteiger partial charge in [-0.2, -0.15) is 0 Å². The van der Waals surface area contributed by atoms with Gasteiger partial charge in [-0.3, -0.25) is 24.2 Å². The number of hydrogen-bond donors (Lipinski definition) is 0. The number of amides is 3. The van der Waals surface area contributed by atoms with Crippen molar-refractivity contribution in [3.8, 4) is 0 Å². The van der Waals surface area contributed by atoms with E-state index in [0.29, 0.717) is 36.0 Å². The number of fused-ring (bicyclic) bond motifs is 2. The van der Waals surface area contributed by atoms with Crippen molar-refractivity contribution < 1.29 is 14.4 Å².